The molecule has 4 nitrogen and oxygen atoms in total. The molecule has 0 N–H and O–H groups in total. The van der Waals surface area contributed by atoms with Crippen LogP contribution in [0, 0.1) is 0 Å². The molecular weight excluding hydrogens is 701 g/mol. The maximum Gasteiger partial charge on any atom is 0.164 e. The lowest BCUT2D eigenvalue weighted by molar-refractivity contribution is 0.660. The van der Waals surface area contributed by atoms with Gasteiger partial charge in [0.15, 0.2) is 17.5 Å². The Bertz CT molecular complexity index is 2740. The van der Waals surface area contributed by atoms with Crippen LogP contribution in [0.1, 0.15) is 49.9 Å². The summed E-state index contributed by atoms with van der Waals surface area (Å²) in [5.74, 6) is 1.99. The van der Waals surface area contributed by atoms with Crippen molar-refractivity contribution in [3.05, 3.63) is 180 Å². The Morgan fingerprint density at radius 1 is 0.393 bits per heavy atom. The molecule has 268 valence electrons. The van der Waals surface area contributed by atoms with Crippen molar-refractivity contribution in [1.29, 1.82) is 0 Å². The number of benzene rings is 7. The number of aromatic nitrogens is 3. The SMILES string of the molecule is CC1(C)c2ccccc2-c2ccc(-c3nc(-c4ccc(N5c6ccccc6Sc6ccccc65)cc4)nc(-c4ccc5c(c4)C(C)(C)c4ccccc4-5)n3)cc21. The van der Waals surface area contributed by atoms with Crippen molar-refractivity contribution < 1.29 is 0 Å². The summed E-state index contributed by atoms with van der Waals surface area (Å²) in [4.78, 5) is 20.5. The fraction of sp³-hybridized carbons (Fsp3) is 0.118. The molecule has 1 aliphatic heterocycles. The Balaban J connectivity index is 1.05. The molecule has 0 saturated carbocycles. The minimum atomic E-state index is -0.138. The molecular formula is C51H38N4S. The number of hydrogen-bond acceptors (Lipinski definition) is 5. The zero-order valence-corrected chi connectivity index (χ0v) is 32.5. The molecule has 0 fully saturated rings. The first-order valence-electron chi connectivity index (χ1n) is 19.3. The predicted octanol–water partition coefficient (Wildman–Crippen LogP) is 13.4. The number of fused-ring (bicyclic) bond motifs is 8. The smallest absolute Gasteiger partial charge is 0.164 e. The molecule has 56 heavy (non-hydrogen) atoms. The lowest BCUT2D eigenvalue weighted by atomic mass is 9.82. The summed E-state index contributed by atoms with van der Waals surface area (Å²) in [5.41, 5.74) is 16.5. The highest BCUT2D eigenvalue weighted by atomic mass is 32.2. The van der Waals surface area contributed by atoms with Gasteiger partial charge in [0.05, 0.1) is 11.4 Å². The van der Waals surface area contributed by atoms with E-state index < -0.39 is 0 Å². The van der Waals surface area contributed by atoms with Crippen LogP contribution in [0.2, 0.25) is 0 Å². The maximum atomic E-state index is 5.25. The summed E-state index contributed by atoms with van der Waals surface area (Å²) in [7, 11) is 0. The summed E-state index contributed by atoms with van der Waals surface area (Å²) in [6, 6.07) is 56.9. The molecule has 3 aliphatic rings. The number of rotatable bonds is 4. The van der Waals surface area contributed by atoms with E-state index in [1.807, 2.05) is 11.8 Å². The van der Waals surface area contributed by atoms with Gasteiger partial charge < -0.3 is 4.90 Å². The number of hydrogen-bond donors (Lipinski definition) is 0. The zero-order valence-electron chi connectivity index (χ0n) is 31.7. The van der Waals surface area contributed by atoms with Crippen molar-refractivity contribution in [2.24, 2.45) is 0 Å². The minimum Gasteiger partial charge on any atom is -0.308 e. The van der Waals surface area contributed by atoms with Crippen molar-refractivity contribution in [2.45, 2.75) is 48.3 Å². The second-order valence-corrected chi connectivity index (χ2v) is 17.2. The Hall–Kier alpha value is -6.30. The molecule has 0 atom stereocenters. The van der Waals surface area contributed by atoms with Crippen LogP contribution in [0.3, 0.4) is 0 Å². The van der Waals surface area contributed by atoms with Crippen molar-refractivity contribution in [3.63, 3.8) is 0 Å². The molecule has 11 rings (SSSR count). The summed E-state index contributed by atoms with van der Waals surface area (Å²) >= 11 is 1.82. The van der Waals surface area contributed by atoms with Crippen molar-refractivity contribution in [3.8, 4) is 56.4 Å². The van der Waals surface area contributed by atoms with E-state index in [0.717, 1.165) is 22.4 Å². The van der Waals surface area contributed by atoms with Crippen LogP contribution in [0.15, 0.2) is 168 Å². The topological polar surface area (TPSA) is 41.9 Å². The first kappa shape index (κ1) is 33.1. The van der Waals surface area contributed by atoms with E-state index in [1.165, 1.54) is 65.7 Å². The van der Waals surface area contributed by atoms with Crippen molar-refractivity contribution in [2.75, 3.05) is 4.90 Å². The third-order valence-corrected chi connectivity index (χ3v) is 13.3. The van der Waals surface area contributed by atoms with Gasteiger partial charge in [-0.05, 0) is 105 Å². The third kappa shape index (κ3) is 4.90. The van der Waals surface area contributed by atoms with Gasteiger partial charge in [-0.3, -0.25) is 0 Å². The van der Waals surface area contributed by atoms with Gasteiger partial charge in [0.2, 0.25) is 0 Å². The van der Waals surface area contributed by atoms with Crippen LogP contribution < -0.4 is 4.90 Å². The molecule has 0 radical (unpaired) electrons. The maximum absolute atomic E-state index is 5.25. The number of para-hydroxylation sites is 2. The quantitative estimate of drug-likeness (QED) is 0.180. The molecule has 8 aromatic rings. The highest BCUT2D eigenvalue weighted by molar-refractivity contribution is 7.99. The van der Waals surface area contributed by atoms with Crippen molar-refractivity contribution >= 4 is 28.8 Å². The fourth-order valence-corrected chi connectivity index (χ4v) is 10.3. The summed E-state index contributed by atoms with van der Waals surface area (Å²) in [5, 5.41) is 0. The van der Waals surface area contributed by atoms with E-state index in [1.54, 1.807) is 0 Å². The predicted molar refractivity (Wildman–Crippen MR) is 230 cm³/mol. The lowest BCUT2D eigenvalue weighted by Crippen LogP contribution is -2.15. The van der Waals surface area contributed by atoms with E-state index in [4.69, 9.17) is 15.0 Å². The van der Waals surface area contributed by atoms with Crippen LogP contribution in [-0.4, -0.2) is 15.0 Å². The molecule has 2 heterocycles. The van der Waals surface area contributed by atoms with Gasteiger partial charge in [-0.25, -0.2) is 15.0 Å². The van der Waals surface area contributed by atoms with Crippen LogP contribution in [0.4, 0.5) is 17.1 Å². The molecule has 0 bridgehead atoms. The van der Waals surface area contributed by atoms with Gasteiger partial charge in [0, 0.05) is 43.0 Å². The second kappa shape index (κ2) is 12.1. The van der Waals surface area contributed by atoms with Gasteiger partial charge in [0.1, 0.15) is 0 Å². The Kier molecular flexibility index (Phi) is 7.15. The van der Waals surface area contributed by atoms with E-state index in [2.05, 4.69) is 190 Å². The van der Waals surface area contributed by atoms with E-state index in [0.29, 0.717) is 17.5 Å². The summed E-state index contributed by atoms with van der Waals surface area (Å²) < 4.78 is 0. The molecule has 5 heteroatoms. The first-order chi connectivity index (χ1) is 27.3. The van der Waals surface area contributed by atoms with Crippen LogP contribution in [0.5, 0.6) is 0 Å². The Morgan fingerprint density at radius 2 is 0.786 bits per heavy atom. The van der Waals surface area contributed by atoms with Gasteiger partial charge >= 0.3 is 0 Å². The summed E-state index contributed by atoms with van der Waals surface area (Å²) in [6.07, 6.45) is 0. The van der Waals surface area contributed by atoms with Crippen LogP contribution in [0.25, 0.3) is 56.4 Å². The standard InChI is InChI=1S/C51H38N4S/c1-50(2)39-15-7-5-13-35(39)37-27-23-32(29-41(37)50)48-52-47(53-49(54-48)33-24-28-38-36-14-6-8-16-40(36)51(3,4)42(38)30-33)31-21-25-34(26-22-31)55-43-17-9-11-19-45(43)56-46-20-12-10-18-44(46)55/h5-30H,1-4H3. The molecule has 1 aromatic heterocycles. The van der Waals surface area contributed by atoms with E-state index >= 15 is 0 Å². The lowest BCUT2D eigenvalue weighted by Gasteiger charge is -2.32. The molecule has 0 unspecified atom stereocenters. The molecule has 2 aliphatic carbocycles. The van der Waals surface area contributed by atoms with Gasteiger partial charge in [0.25, 0.3) is 0 Å². The average molecular weight is 739 g/mol. The van der Waals surface area contributed by atoms with E-state index in [-0.39, 0.29) is 10.8 Å². The zero-order chi connectivity index (χ0) is 37.8. The largest absolute Gasteiger partial charge is 0.308 e. The highest BCUT2D eigenvalue weighted by Crippen LogP contribution is 2.53. The summed E-state index contributed by atoms with van der Waals surface area (Å²) in [6.45, 7) is 9.26. The van der Waals surface area contributed by atoms with Gasteiger partial charge in [-0.2, -0.15) is 0 Å². The van der Waals surface area contributed by atoms with Crippen molar-refractivity contribution in [1.82, 2.24) is 15.0 Å². The monoisotopic (exact) mass is 738 g/mol. The van der Waals surface area contributed by atoms with Gasteiger partial charge in [-0.1, -0.05) is 137 Å². The fourth-order valence-electron chi connectivity index (χ4n) is 9.19. The molecule has 7 aromatic carbocycles. The minimum absolute atomic E-state index is 0.138. The average Bonchev–Trinajstić information content (AvgIpc) is 3.61. The Labute approximate surface area is 332 Å². The second-order valence-electron chi connectivity index (χ2n) is 16.1. The third-order valence-electron chi connectivity index (χ3n) is 12.1. The van der Waals surface area contributed by atoms with Crippen LogP contribution >= 0.6 is 11.8 Å². The van der Waals surface area contributed by atoms with Crippen LogP contribution in [-0.2, 0) is 10.8 Å². The molecule has 0 amide bonds. The molecule has 0 spiro atoms. The van der Waals surface area contributed by atoms with E-state index in [9.17, 15) is 0 Å². The highest BCUT2D eigenvalue weighted by Gasteiger charge is 2.37. The number of nitrogens with zero attached hydrogens (tertiary/aromatic N) is 4. The molecule has 0 saturated heterocycles. The van der Waals surface area contributed by atoms with Gasteiger partial charge in [-0.15, -0.1) is 0 Å². The number of anilines is 3. The Morgan fingerprint density at radius 3 is 1.29 bits per heavy atom. The first-order valence-corrected chi connectivity index (χ1v) is 20.1. The normalized spacial score (nSPS) is 15.0.